The van der Waals surface area contributed by atoms with E-state index in [1.807, 2.05) is 12.1 Å². The van der Waals surface area contributed by atoms with Gasteiger partial charge in [0, 0.05) is 107 Å². The molecule has 1 unspecified atom stereocenters. The molecule has 1 N–H and O–H groups in total. The fraction of sp³-hybridized carbons (Fsp3) is 0.548. The van der Waals surface area contributed by atoms with Gasteiger partial charge in [0.15, 0.2) is 0 Å². The molecule has 0 bridgehead atoms. The van der Waals surface area contributed by atoms with Crippen molar-refractivity contribution < 1.29 is 9.47 Å². The monoisotopic (exact) mass is 556 g/mol. The van der Waals surface area contributed by atoms with Gasteiger partial charge in [-0.1, -0.05) is 0 Å². The van der Waals surface area contributed by atoms with E-state index >= 15 is 0 Å². The predicted octanol–water partition coefficient (Wildman–Crippen LogP) is 2.40. The van der Waals surface area contributed by atoms with E-state index in [0.29, 0.717) is 11.5 Å². The Hall–Kier alpha value is -3.36. The van der Waals surface area contributed by atoms with Gasteiger partial charge in [0.05, 0.1) is 29.4 Å². The van der Waals surface area contributed by atoms with Crippen LogP contribution in [0.2, 0.25) is 0 Å². The number of hydrogen-bond acceptors (Lipinski definition) is 10. The lowest BCUT2D eigenvalue weighted by atomic mass is 10.0. The quantitative estimate of drug-likeness (QED) is 0.467. The second-order valence-corrected chi connectivity index (χ2v) is 11.6. The van der Waals surface area contributed by atoms with Crippen LogP contribution in [-0.2, 0) is 15.9 Å². The van der Waals surface area contributed by atoms with Crippen LogP contribution in [0.5, 0.6) is 0 Å². The SMILES string of the molecule is CO[C@H]1CNCC1Cc1nc(C)cc(N2CCN(C[C@H]3CN(c4ccc(C#N)c5ncccc45)C[C@@H](C)O3)CC2)n1. The Morgan fingerprint density at radius 3 is 2.76 bits per heavy atom. The third kappa shape index (κ3) is 6.14. The lowest BCUT2D eigenvalue weighted by Gasteiger charge is -2.42. The second-order valence-electron chi connectivity index (χ2n) is 11.6. The van der Waals surface area contributed by atoms with Gasteiger partial charge in [0.2, 0.25) is 0 Å². The number of piperazine rings is 1. The van der Waals surface area contributed by atoms with Crippen molar-refractivity contribution in [3.05, 3.63) is 53.6 Å². The number of hydrogen-bond donors (Lipinski definition) is 1. The summed E-state index contributed by atoms with van der Waals surface area (Å²) in [5.41, 5.74) is 3.52. The third-order valence-corrected chi connectivity index (χ3v) is 8.60. The Kier molecular flexibility index (Phi) is 8.30. The van der Waals surface area contributed by atoms with Crippen molar-refractivity contribution in [1.29, 1.82) is 5.26 Å². The van der Waals surface area contributed by atoms with Crippen molar-refractivity contribution in [2.45, 2.75) is 38.6 Å². The van der Waals surface area contributed by atoms with Crippen LogP contribution >= 0.6 is 0 Å². The Balaban J connectivity index is 1.08. The van der Waals surface area contributed by atoms with E-state index < -0.39 is 0 Å². The van der Waals surface area contributed by atoms with E-state index in [1.54, 1.807) is 13.3 Å². The first-order chi connectivity index (χ1) is 20.0. The molecule has 3 saturated heterocycles. The highest BCUT2D eigenvalue weighted by atomic mass is 16.5. The largest absolute Gasteiger partial charge is 0.380 e. The molecule has 5 heterocycles. The molecular formula is C31H40N8O2. The van der Waals surface area contributed by atoms with Crippen molar-refractivity contribution in [3.8, 4) is 6.07 Å². The number of aromatic nitrogens is 3. The summed E-state index contributed by atoms with van der Waals surface area (Å²) < 4.78 is 12.1. The van der Waals surface area contributed by atoms with Gasteiger partial charge in [-0.3, -0.25) is 9.88 Å². The third-order valence-electron chi connectivity index (χ3n) is 8.60. The van der Waals surface area contributed by atoms with Gasteiger partial charge >= 0.3 is 0 Å². The fourth-order valence-electron chi connectivity index (χ4n) is 6.60. The molecule has 10 heteroatoms. The lowest BCUT2D eigenvalue weighted by Crippen LogP contribution is -2.54. The standard InChI is InChI=1S/C31H40N8O2/c1-21-13-30(36-29(35-21)14-24-16-33-17-28(24)40-3)38-11-9-37(10-12-38)19-25-20-39(18-22(2)41-25)27-7-6-23(15-32)31-26(27)5-4-8-34-31/h4-8,13,22,24-25,28,33H,9-12,14,16-20H2,1-3H3/t22-,24?,25+,28+/m1/s1. The molecule has 0 spiro atoms. The summed E-state index contributed by atoms with van der Waals surface area (Å²) in [6.45, 7) is 12.4. The number of nitrogens with zero attached hydrogens (tertiary/aromatic N) is 7. The Morgan fingerprint density at radius 2 is 1.95 bits per heavy atom. The van der Waals surface area contributed by atoms with Crippen molar-refractivity contribution in [1.82, 2.24) is 25.2 Å². The summed E-state index contributed by atoms with van der Waals surface area (Å²) in [6, 6.07) is 12.4. The maximum absolute atomic E-state index is 9.55. The minimum atomic E-state index is 0.106. The molecule has 0 saturated carbocycles. The van der Waals surface area contributed by atoms with Crippen molar-refractivity contribution in [2.24, 2.45) is 5.92 Å². The van der Waals surface area contributed by atoms with Crippen LogP contribution in [0, 0.1) is 24.2 Å². The van der Waals surface area contributed by atoms with Gasteiger partial charge in [-0.25, -0.2) is 9.97 Å². The Labute approximate surface area is 242 Å². The summed E-state index contributed by atoms with van der Waals surface area (Å²) in [7, 11) is 1.79. The minimum Gasteiger partial charge on any atom is -0.380 e. The molecule has 41 heavy (non-hydrogen) atoms. The highest BCUT2D eigenvalue weighted by Crippen LogP contribution is 2.30. The number of ether oxygens (including phenoxy) is 2. The van der Waals surface area contributed by atoms with E-state index in [0.717, 1.165) is 99.3 Å². The zero-order chi connectivity index (χ0) is 28.3. The number of nitrogens with one attached hydrogen (secondary N) is 1. The summed E-state index contributed by atoms with van der Waals surface area (Å²) in [5, 5.41) is 14.0. The van der Waals surface area contributed by atoms with Crippen LogP contribution in [0.15, 0.2) is 36.5 Å². The molecule has 3 aromatic rings. The Bertz CT molecular complexity index is 1400. The number of aryl methyl sites for hydroxylation is 1. The van der Waals surface area contributed by atoms with Gasteiger partial charge in [-0.15, -0.1) is 0 Å². The van der Waals surface area contributed by atoms with Crippen LogP contribution in [0.4, 0.5) is 11.5 Å². The molecule has 3 fully saturated rings. The van der Waals surface area contributed by atoms with Crippen LogP contribution in [-0.4, -0.2) is 104 Å². The van der Waals surface area contributed by atoms with Gasteiger partial charge < -0.3 is 24.6 Å². The smallest absolute Gasteiger partial charge is 0.132 e. The first kappa shape index (κ1) is 27.8. The van der Waals surface area contributed by atoms with Gasteiger partial charge in [-0.05, 0) is 38.1 Å². The lowest BCUT2D eigenvalue weighted by molar-refractivity contribution is -0.0327. The minimum absolute atomic E-state index is 0.106. The van der Waals surface area contributed by atoms with E-state index in [4.69, 9.17) is 19.4 Å². The van der Waals surface area contributed by atoms with E-state index in [-0.39, 0.29) is 18.3 Å². The topological polar surface area (TPSA) is 103 Å². The van der Waals surface area contributed by atoms with E-state index in [2.05, 4.69) is 63.1 Å². The van der Waals surface area contributed by atoms with Crippen LogP contribution < -0.4 is 15.1 Å². The molecule has 1 aromatic carbocycles. The summed E-state index contributed by atoms with van der Waals surface area (Å²) in [5.74, 6) is 2.35. The fourth-order valence-corrected chi connectivity index (χ4v) is 6.60. The van der Waals surface area contributed by atoms with Crippen molar-refractivity contribution in [3.63, 3.8) is 0 Å². The number of morpholine rings is 1. The van der Waals surface area contributed by atoms with Crippen molar-refractivity contribution >= 4 is 22.4 Å². The highest BCUT2D eigenvalue weighted by molar-refractivity contribution is 5.95. The van der Waals surface area contributed by atoms with E-state index in [1.165, 1.54) is 0 Å². The second kappa shape index (κ2) is 12.2. The first-order valence-electron chi connectivity index (χ1n) is 14.7. The molecule has 6 rings (SSSR count). The maximum Gasteiger partial charge on any atom is 0.132 e. The zero-order valence-electron chi connectivity index (χ0n) is 24.3. The summed E-state index contributed by atoms with van der Waals surface area (Å²) in [6.07, 6.45) is 3.03. The molecule has 4 atom stereocenters. The van der Waals surface area contributed by atoms with Gasteiger partial charge in [0.25, 0.3) is 0 Å². The van der Waals surface area contributed by atoms with Crippen LogP contribution in [0.1, 0.15) is 24.0 Å². The number of anilines is 2. The first-order valence-corrected chi connectivity index (χ1v) is 14.7. The molecule has 2 aromatic heterocycles. The number of fused-ring (bicyclic) bond motifs is 1. The van der Waals surface area contributed by atoms with Crippen molar-refractivity contribution in [2.75, 3.05) is 75.8 Å². The van der Waals surface area contributed by atoms with Gasteiger partial charge in [-0.2, -0.15) is 5.26 Å². The molecule has 0 amide bonds. The molecule has 216 valence electrons. The maximum atomic E-state index is 9.55. The normalized spacial score (nSPS) is 25.5. The predicted molar refractivity (Wildman–Crippen MR) is 159 cm³/mol. The number of methoxy groups -OCH3 is 1. The highest BCUT2D eigenvalue weighted by Gasteiger charge is 2.31. The average molecular weight is 557 g/mol. The molecule has 3 aliphatic heterocycles. The van der Waals surface area contributed by atoms with E-state index in [9.17, 15) is 5.26 Å². The molecule has 0 aliphatic carbocycles. The van der Waals surface area contributed by atoms with Crippen LogP contribution in [0.3, 0.4) is 0 Å². The molecule has 3 aliphatic rings. The Morgan fingerprint density at radius 1 is 1.10 bits per heavy atom. The number of nitriles is 1. The summed E-state index contributed by atoms with van der Waals surface area (Å²) in [4.78, 5) is 21.5. The number of benzene rings is 1. The zero-order valence-corrected chi connectivity index (χ0v) is 24.3. The number of rotatable bonds is 7. The molecule has 0 radical (unpaired) electrons. The molecular weight excluding hydrogens is 516 g/mol. The van der Waals surface area contributed by atoms with Crippen LogP contribution in [0.25, 0.3) is 10.9 Å². The molecule has 10 nitrogen and oxygen atoms in total. The number of pyridine rings is 1. The van der Waals surface area contributed by atoms with Gasteiger partial charge in [0.1, 0.15) is 17.7 Å². The summed E-state index contributed by atoms with van der Waals surface area (Å²) >= 11 is 0. The average Bonchev–Trinajstić information content (AvgIpc) is 3.43.